The molecule has 258 valence electrons. The van der Waals surface area contributed by atoms with Crippen LogP contribution in [0.5, 0.6) is 0 Å². The van der Waals surface area contributed by atoms with E-state index in [0.29, 0.717) is 18.4 Å². The Bertz CT molecular complexity index is 1370. The summed E-state index contributed by atoms with van der Waals surface area (Å²) in [7, 11) is 0. The minimum atomic E-state index is -1.28. The number of rotatable bonds is 23. The van der Waals surface area contributed by atoms with E-state index >= 15 is 0 Å². The van der Waals surface area contributed by atoms with E-state index in [0.717, 1.165) is 38.5 Å². The fourth-order valence-corrected chi connectivity index (χ4v) is 4.79. The number of hydrogen-bond acceptors (Lipinski definition) is 5. The number of nitrogens with one attached hydrogen (secondary N) is 2. The first-order chi connectivity index (χ1) is 23.3. The van der Waals surface area contributed by atoms with Gasteiger partial charge in [0, 0.05) is 31.1 Å². The molecule has 3 N–H and O–H groups in total. The first-order valence-corrected chi connectivity index (χ1v) is 17.0. The molecule has 8 heteroatoms. The minimum absolute atomic E-state index is 0.0867. The van der Waals surface area contributed by atoms with Crippen LogP contribution in [0.2, 0.25) is 0 Å². The monoisotopic (exact) mass is 656 g/mol. The lowest BCUT2D eigenvalue weighted by molar-refractivity contribution is -0.142. The third kappa shape index (κ3) is 15.7. The summed E-state index contributed by atoms with van der Waals surface area (Å²) < 4.78 is 5.73. The van der Waals surface area contributed by atoms with E-state index in [1.54, 1.807) is 31.2 Å². The number of carboxylic acids is 1. The van der Waals surface area contributed by atoms with E-state index in [2.05, 4.69) is 78.3 Å². The maximum absolute atomic E-state index is 12.6. The molecule has 2 amide bonds. The SMILES string of the molecule is CCC=CCC=CCC=CCC=CCC=CCC=CCCC(=O)NCCC(CCNC(=O)C1=CC(=O)C(C)(c2ccccc2)O1)C(=O)O. The lowest BCUT2D eigenvalue weighted by atomic mass is 9.92. The topological polar surface area (TPSA) is 122 Å². The van der Waals surface area contributed by atoms with Crippen molar-refractivity contribution in [1.29, 1.82) is 0 Å². The number of hydrogen-bond donors (Lipinski definition) is 3. The van der Waals surface area contributed by atoms with Gasteiger partial charge in [-0.25, -0.2) is 0 Å². The van der Waals surface area contributed by atoms with Gasteiger partial charge in [-0.1, -0.05) is 110 Å². The number of carbonyl (C=O) groups is 4. The molecule has 0 saturated heterocycles. The number of allylic oxidation sites excluding steroid dienone is 12. The molecular formula is C40H52N2O6. The molecule has 1 aliphatic heterocycles. The highest BCUT2D eigenvalue weighted by Gasteiger charge is 2.43. The molecule has 1 aliphatic rings. The van der Waals surface area contributed by atoms with Gasteiger partial charge < -0.3 is 20.5 Å². The average Bonchev–Trinajstić information content (AvgIpc) is 3.40. The van der Waals surface area contributed by atoms with Crippen LogP contribution < -0.4 is 10.6 Å². The van der Waals surface area contributed by atoms with E-state index in [4.69, 9.17) is 4.74 Å². The minimum Gasteiger partial charge on any atom is -0.481 e. The highest BCUT2D eigenvalue weighted by molar-refractivity contribution is 6.07. The molecule has 2 unspecified atom stereocenters. The molecule has 1 aromatic carbocycles. The molecule has 0 spiro atoms. The van der Waals surface area contributed by atoms with E-state index in [-0.39, 0.29) is 43.4 Å². The summed E-state index contributed by atoms with van der Waals surface area (Å²) in [6.45, 7) is 4.06. The Hall–Kier alpha value is -4.72. The molecule has 1 aromatic rings. The predicted molar refractivity (Wildman–Crippen MR) is 192 cm³/mol. The summed E-state index contributed by atoms with van der Waals surface area (Å²) in [5.74, 6) is -2.89. The van der Waals surface area contributed by atoms with Crippen molar-refractivity contribution in [1.82, 2.24) is 10.6 Å². The van der Waals surface area contributed by atoms with Crippen LogP contribution in [0, 0.1) is 5.92 Å². The van der Waals surface area contributed by atoms with Crippen LogP contribution >= 0.6 is 0 Å². The molecule has 2 atom stereocenters. The van der Waals surface area contributed by atoms with E-state index in [9.17, 15) is 24.3 Å². The number of ether oxygens (including phenoxy) is 1. The molecule has 0 aromatic heterocycles. The Labute approximate surface area is 286 Å². The molecule has 1 heterocycles. The van der Waals surface area contributed by atoms with Crippen LogP contribution in [0.1, 0.15) is 83.6 Å². The van der Waals surface area contributed by atoms with Crippen molar-refractivity contribution < 1.29 is 29.0 Å². The normalized spacial score (nSPS) is 17.3. The van der Waals surface area contributed by atoms with E-state index in [1.807, 2.05) is 18.2 Å². The van der Waals surface area contributed by atoms with Crippen molar-refractivity contribution in [3.05, 3.63) is 121 Å². The second-order valence-corrected chi connectivity index (χ2v) is 11.5. The molecular weight excluding hydrogens is 604 g/mol. The quantitative estimate of drug-likeness (QED) is 0.104. The zero-order chi connectivity index (χ0) is 34.9. The van der Waals surface area contributed by atoms with Crippen LogP contribution in [0.25, 0.3) is 0 Å². The molecule has 0 saturated carbocycles. The van der Waals surface area contributed by atoms with Gasteiger partial charge in [0.05, 0.1) is 5.92 Å². The maximum Gasteiger partial charge on any atom is 0.306 e. The summed E-state index contributed by atoms with van der Waals surface area (Å²) in [6.07, 6.45) is 33.8. The third-order valence-electron chi connectivity index (χ3n) is 7.67. The van der Waals surface area contributed by atoms with Gasteiger partial charge in [0.15, 0.2) is 11.4 Å². The molecule has 8 nitrogen and oxygen atoms in total. The van der Waals surface area contributed by atoms with Gasteiger partial charge in [0.2, 0.25) is 11.7 Å². The molecule has 48 heavy (non-hydrogen) atoms. The number of carboxylic acid groups (broad SMARTS) is 1. The molecule has 0 fully saturated rings. The van der Waals surface area contributed by atoms with E-state index in [1.165, 1.54) is 6.08 Å². The predicted octanol–water partition coefficient (Wildman–Crippen LogP) is 7.58. The molecule has 2 rings (SSSR count). The van der Waals surface area contributed by atoms with Gasteiger partial charge in [-0.05, 0) is 64.7 Å². The average molecular weight is 657 g/mol. The second-order valence-electron chi connectivity index (χ2n) is 11.5. The number of carbonyl (C=O) groups excluding carboxylic acids is 3. The van der Waals surface area contributed by atoms with Crippen molar-refractivity contribution in [2.45, 2.75) is 83.7 Å². The fraction of sp³-hybridized carbons (Fsp3) is 0.400. The summed E-state index contributed by atoms with van der Waals surface area (Å²) in [5, 5.41) is 15.0. The van der Waals surface area contributed by atoms with E-state index < -0.39 is 23.4 Å². The highest BCUT2D eigenvalue weighted by atomic mass is 16.5. The van der Waals surface area contributed by atoms with Gasteiger partial charge in [-0.15, -0.1) is 0 Å². The Morgan fingerprint density at radius 3 is 1.79 bits per heavy atom. The van der Waals surface area contributed by atoms with Crippen molar-refractivity contribution in [3.8, 4) is 0 Å². The van der Waals surface area contributed by atoms with Crippen LogP contribution in [-0.2, 0) is 29.5 Å². The summed E-state index contributed by atoms with van der Waals surface area (Å²) in [6, 6.07) is 8.92. The largest absolute Gasteiger partial charge is 0.481 e. The smallest absolute Gasteiger partial charge is 0.306 e. The third-order valence-corrected chi connectivity index (χ3v) is 7.67. The summed E-state index contributed by atoms with van der Waals surface area (Å²) in [4.78, 5) is 49.1. The Morgan fingerprint density at radius 1 is 0.771 bits per heavy atom. The fourth-order valence-electron chi connectivity index (χ4n) is 4.79. The summed E-state index contributed by atoms with van der Waals surface area (Å²) >= 11 is 0. The molecule has 0 radical (unpaired) electrons. The number of amides is 2. The molecule has 0 bridgehead atoms. The zero-order valence-corrected chi connectivity index (χ0v) is 28.4. The van der Waals surface area contributed by atoms with Crippen molar-refractivity contribution in [3.63, 3.8) is 0 Å². The van der Waals surface area contributed by atoms with Crippen molar-refractivity contribution in [2.24, 2.45) is 5.92 Å². The van der Waals surface area contributed by atoms with Crippen LogP contribution in [0.4, 0.5) is 0 Å². The van der Waals surface area contributed by atoms with Crippen molar-refractivity contribution >= 4 is 23.6 Å². The lowest BCUT2D eigenvalue weighted by Crippen LogP contribution is -2.33. The highest BCUT2D eigenvalue weighted by Crippen LogP contribution is 2.34. The standard InChI is InChI=1S/C40H52N2O6/c1-3-4-5-6-7-8-9-10-11-12-13-14-15-16-17-18-19-20-24-27-37(44)41-30-28-33(39(46)47)29-31-42-38(45)35-32-36(43)40(2,48-35)34-25-22-21-23-26-34/h4-5,7-8,10-11,13-14,16-17,19-23,25-26,32-33H,3,6,9,12,15,18,24,27-31H2,1-2H3,(H,41,44)(H,42,45)(H,46,47). The first kappa shape index (κ1) is 39.5. The number of aliphatic carboxylic acids is 1. The van der Waals surface area contributed by atoms with Gasteiger partial charge in [0.1, 0.15) is 0 Å². The number of ketones is 1. The second kappa shape index (κ2) is 23.6. The van der Waals surface area contributed by atoms with Crippen molar-refractivity contribution in [2.75, 3.05) is 13.1 Å². The molecule has 0 aliphatic carbocycles. The lowest BCUT2D eigenvalue weighted by Gasteiger charge is -2.24. The summed E-state index contributed by atoms with van der Waals surface area (Å²) in [5.41, 5.74) is -0.638. The van der Waals surface area contributed by atoms with Crippen LogP contribution in [-0.4, -0.2) is 41.8 Å². The Morgan fingerprint density at radius 2 is 1.27 bits per heavy atom. The van der Waals surface area contributed by atoms with Gasteiger partial charge in [-0.2, -0.15) is 0 Å². The maximum atomic E-state index is 12.6. The van der Waals surface area contributed by atoms with Gasteiger partial charge in [-0.3, -0.25) is 19.2 Å². The Kier molecular flexibility index (Phi) is 19.4. The van der Waals surface area contributed by atoms with Gasteiger partial charge >= 0.3 is 5.97 Å². The van der Waals surface area contributed by atoms with Crippen LogP contribution in [0.3, 0.4) is 0 Å². The number of benzene rings is 1. The zero-order valence-electron chi connectivity index (χ0n) is 28.4. The first-order valence-electron chi connectivity index (χ1n) is 17.0. The van der Waals surface area contributed by atoms with Gasteiger partial charge in [0.25, 0.3) is 5.91 Å². The van der Waals surface area contributed by atoms with Crippen LogP contribution in [0.15, 0.2) is 115 Å². The Balaban J connectivity index is 1.54.